The third kappa shape index (κ3) is 3.93. The van der Waals surface area contributed by atoms with Crippen molar-refractivity contribution < 1.29 is 26.3 Å². The van der Waals surface area contributed by atoms with Gasteiger partial charge in [0, 0.05) is 5.56 Å². The number of alkyl halides is 3. The van der Waals surface area contributed by atoms with E-state index in [0.717, 1.165) is 16.8 Å². The summed E-state index contributed by atoms with van der Waals surface area (Å²) in [6, 6.07) is 9.40. The Morgan fingerprint density at radius 1 is 1.14 bits per heavy atom. The molecule has 10 heteroatoms. The molecule has 0 saturated heterocycles. The molecule has 0 aliphatic heterocycles. The quantitative estimate of drug-likeness (QED) is 0.669. The van der Waals surface area contributed by atoms with Crippen molar-refractivity contribution in [3.8, 4) is 22.6 Å². The lowest BCUT2D eigenvalue weighted by atomic mass is 10.1. The summed E-state index contributed by atoms with van der Waals surface area (Å²) in [7, 11) is -2.44. The van der Waals surface area contributed by atoms with Crippen LogP contribution in [0.2, 0.25) is 0 Å². The van der Waals surface area contributed by atoms with Gasteiger partial charge in [-0.05, 0) is 35.9 Å². The van der Waals surface area contributed by atoms with Crippen LogP contribution in [0.25, 0.3) is 16.8 Å². The third-order valence-electron chi connectivity index (χ3n) is 4.44. The second-order valence-electron chi connectivity index (χ2n) is 6.17. The highest BCUT2D eigenvalue weighted by atomic mass is 32.2. The molecule has 0 atom stereocenters. The van der Waals surface area contributed by atoms with E-state index in [2.05, 4.69) is 5.10 Å². The Morgan fingerprint density at radius 3 is 2.34 bits per heavy atom. The highest BCUT2D eigenvalue weighted by molar-refractivity contribution is 7.91. The molecule has 3 rings (SSSR count). The van der Waals surface area contributed by atoms with Gasteiger partial charge in [0.05, 0.1) is 35.2 Å². The maximum atomic E-state index is 13.1. The number of sulfone groups is 1. The first kappa shape index (κ1) is 20.7. The van der Waals surface area contributed by atoms with Crippen molar-refractivity contribution in [2.24, 2.45) is 0 Å². The first-order valence-electron chi connectivity index (χ1n) is 8.50. The van der Waals surface area contributed by atoms with Gasteiger partial charge in [0.2, 0.25) is 0 Å². The average molecular weight is 425 g/mol. The summed E-state index contributed by atoms with van der Waals surface area (Å²) >= 11 is 0. The Morgan fingerprint density at radius 2 is 1.79 bits per heavy atom. The summed E-state index contributed by atoms with van der Waals surface area (Å²) in [6.07, 6.45) is -3.25. The fourth-order valence-corrected chi connectivity index (χ4v) is 3.90. The predicted molar refractivity (Wildman–Crippen MR) is 103 cm³/mol. The Balaban J connectivity index is 2.17. The van der Waals surface area contributed by atoms with Crippen LogP contribution >= 0.6 is 0 Å². The minimum Gasteiger partial charge on any atom is -0.497 e. The molecule has 1 aromatic heterocycles. The SMILES string of the molecule is CCS(=O)(=O)c1cc(C(F)(F)F)ccc1-n1ncc(-c2ccc(OC)cc2)c1N. The van der Waals surface area contributed by atoms with E-state index in [-0.39, 0.29) is 17.3 Å². The van der Waals surface area contributed by atoms with Gasteiger partial charge in [0.15, 0.2) is 9.84 Å². The molecule has 2 aromatic carbocycles. The van der Waals surface area contributed by atoms with E-state index in [1.807, 2.05) is 0 Å². The molecule has 0 aliphatic carbocycles. The van der Waals surface area contributed by atoms with Crippen LogP contribution in [0.15, 0.2) is 53.6 Å². The lowest BCUT2D eigenvalue weighted by Crippen LogP contribution is -2.14. The number of nitrogens with zero attached hydrogens (tertiary/aromatic N) is 2. The van der Waals surface area contributed by atoms with Crippen LogP contribution in [0, 0.1) is 0 Å². The van der Waals surface area contributed by atoms with Gasteiger partial charge in [-0.15, -0.1) is 0 Å². The van der Waals surface area contributed by atoms with Crippen LogP contribution in [-0.4, -0.2) is 31.1 Å². The predicted octanol–water partition coefficient (Wildman–Crippen LogP) is 3.94. The summed E-state index contributed by atoms with van der Waals surface area (Å²) in [4.78, 5) is -0.481. The second kappa shape index (κ2) is 7.43. The molecule has 3 aromatic rings. The molecule has 0 unspecified atom stereocenters. The second-order valence-corrected chi connectivity index (χ2v) is 8.41. The zero-order valence-electron chi connectivity index (χ0n) is 15.6. The van der Waals surface area contributed by atoms with E-state index in [1.54, 1.807) is 24.3 Å². The molecule has 0 fully saturated rings. The Hall–Kier alpha value is -3.01. The van der Waals surface area contributed by atoms with E-state index in [1.165, 1.54) is 20.2 Å². The Bertz CT molecular complexity index is 1140. The van der Waals surface area contributed by atoms with Gasteiger partial charge in [0.25, 0.3) is 0 Å². The maximum absolute atomic E-state index is 13.1. The van der Waals surface area contributed by atoms with Gasteiger partial charge in [0.1, 0.15) is 11.6 Å². The number of halogens is 3. The van der Waals surface area contributed by atoms with Gasteiger partial charge in [-0.1, -0.05) is 19.1 Å². The van der Waals surface area contributed by atoms with Crippen molar-refractivity contribution in [2.75, 3.05) is 18.6 Å². The van der Waals surface area contributed by atoms with Crippen molar-refractivity contribution >= 4 is 15.7 Å². The number of hydrogen-bond acceptors (Lipinski definition) is 5. The van der Waals surface area contributed by atoms with E-state index in [4.69, 9.17) is 10.5 Å². The normalized spacial score (nSPS) is 12.2. The fourth-order valence-electron chi connectivity index (χ4n) is 2.81. The summed E-state index contributed by atoms with van der Waals surface area (Å²) in [5.41, 5.74) is 6.27. The largest absolute Gasteiger partial charge is 0.497 e. The Labute approximate surface area is 165 Å². The number of benzene rings is 2. The van der Waals surface area contributed by atoms with Crippen LogP contribution in [0.1, 0.15) is 12.5 Å². The maximum Gasteiger partial charge on any atom is 0.416 e. The molecule has 0 saturated carbocycles. The molecule has 0 spiro atoms. The first-order chi connectivity index (χ1) is 13.6. The fraction of sp³-hybridized carbons (Fsp3) is 0.211. The lowest BCUT2D eigenvalue weighted by Gasteiger charge is -2.14. The molecule has 154 valence electrons. The van der Waals surface area contributed by atoms with E-state index in [0.29, 0.717) is 22.9 Å². The molecule has 0 bridgehead atoms. The van der Waals surface area contributed by atoms with Crippen molar-refractivity contribution in [2.45, 2.75) is 18.0 Å². The number of ether oxygens (including phenoxy) is 1. The van der Waals surface area contributed by atoms with Crippen LogP contribution in [-0.2, 0) is 16.0 Å². The summed E-state index contributed by atoms with van der Waals surface area (Å²) < 4.78 is 70.5. The molecule has 0 amide bonds. The molecule has 1 heterocycles. The lowest BCUT2D eigenvalue weighted by molar-refractivity contribution is -0.137. The van der Waals surface area contributed by atoms with E-state index in [9.17, 15) is 21.6 Å². The number of nitrogen functional groups attached to an aromatic ring is 1. The van der Waals surface area contributed by atoms with Crippen molar-refractivity contribution in [1.29, 1.82) is 0 Å². The molecular formula is C19H18F3N3O3S. The van der Waals surface area contributed by atoms with Gasteiger partial charge < -0.3 is 10.5 Å². The summed E-state index contributed by atoms with van der Waals surface area (Å²) in [5, 5.41) is 4.12. The van der Waals surface area contributed by atoms with Gasteiger partial charge >= 0.3 is 6.18 Å². The first-order valence-corrected chi connectivity index (χ1v) is 10.2. The summed E-state index contributed by atoms with van der Waals surface area (Å²) in [5.74, 6) is 0.370. The molecular weight excluding hydrogens is 407 g/mol. The third-order valence-corrected chi connectivity index (χ3v) is 6.20. The average Bonchev–Trinajstić information content (AvgIpc) is 3.08. The number of hydrogen-bond donors (Lipinski definition) is 1. The van der Waals surface area contributed by atoms with Gasteiger partial charge in [-0.25, -0.2) is 13.1 Å². The molecule has 0 radical (unpaired) electrons. The smallest absolute Gasteiger partial charge is 0.416 e. The minimum atomic E-state index is -4.68. The number of rotatable bonds is 5. The summed E-state index contributed by atoms with van der Waals surface area (Å²) in [6.45, 7) is 1.36. The Kier molecular flexibility index (Phi) is 5.31. The molecule has 6 nitrogen and oxygen atoms in total. The highest BCUT2D eigenvalue weighted by Crippen LogP contribution is 2.35. The van der Waals surface area contributed by atoms with E-state index < -0.39 is 26.5 Å². The monoisotopic (exact) mass is 425 g/mol. The minimum absolute atomic E-state index is 0.0443. The zero-order valence-corrected chi connectivity index (χ0v) is 16.4. The number of aromatic nitrogens is 2. The van der Waals surface area contributed by atoms with Crippen LogP contribution in [0.3, 0.4) is 0 Å². The number of anilines is 1. The van der Waals surface area contributed by atoms with E-state index >= 15 is 0 Å². The van der Waals surface area contributed by atoms with Crippen molar-refractivity contribution in [1.82, 2.24) is 9.78 Å². The van der Waals surface area contributed by atoms with Crippen LogP contribution in [0.4, 0.5) is 19.0 Å². The topological polar surface area (TPSA) is 87.2 Å². The standard InChI is InChI=1S/C19H18F3N3O3S/c1-3-29(26,27)17-10-13(19(20,21)22)6-9-16(17)25-18(23)15(11-24-25)12-4-7-14(28-2)8-5-12/h4-11H,3,23H2,1-2H3. The van der Waals surface area contributed by atoms with Crippen molar-refractivity contribution in [3.63, 3.8) is 0 Å². The van der Waals surface area contributed by atoms with Gasteiger partial charge in [-0.2, -0.15) is 18.3 Å². The van der Waals surface area contributed by atoms with Crippen LogP contribution in [0.5, 0.6) is 5.75 Å². The number of methoxy groups -OCH3 is 1. The van der Waals surface area contributed by atoms with Crippen molar-refractivity contribution in [3.05, 3.63) is 54.2 Å². The molecule has 29 heavy (non-hydrogen) atoms. The van der Waals surface area contributed by atoms with Gasteiger partial charge in [-0.3, -0.25) is 0 Å². The highest BCUT2D eigenvalue weighted by Gasteiger charge is 2.33. The molecule has 0 aliphatic rings. The molecule has 2 N–H and O–H groups in total. The van der Waals surface area contributed by atoms with Crippen LogP contribution < -0.4 is 10.5 Å². The zero-order chi connectivity index (χ0) is 21.4. The number of nitrogens with two attached hydrogens (primary N) is 1.